The Kier molecular flexibility index (Phi) is 4.46. The molecule has 2 aromatic heterocycles. The largest absolute Gasteiger partial charge is 0.349 e. The third-order valence-corrected chi connectivity index (χ3v) is 6.09. The van der Waals surface area contributed by atoms with Crippen LogP contribution in [0, 0.1) is 0 Å². The summed E-state index contributed by atoms with van der Waals surface area (Å²) in [4.78, 5) is 18.6. The molecule has 0 atom stereocenters. The average molecular weight is 358 g/mol. The fraction of sp³-hybridized carbons (Fsp3) is 0.294. The molecule has 1 aromatic carbocycles. The van der Waals surface area contributed by atoms with Crippen LogP contribution in [0.3, 0.4) is 0 Å². The van der Waals surface area contributed by atoms with Gasteiger partial charge in [-0.3, -0.25) is 4.79 Å². The van der Waals surface area contributed by atoms with Gasteiger partial charge in [-0.15, -0.1) is 11.3 Å². The number of carbonyl (C=O) groups is 1. The lowest BCUT2D eigenvalue weighted by molar-refractivity contribution is 0.0934. The highest BCUT2D eigenvalue weighted by atomic mass is 32.1. The second-order valence-electron chi connectivity index (χ2n) is 5.79. The van der Waals surface area contributed by atoms with Crippen molar-refractivity contribution in [3.05, 3.63) is 41.3 Å². The molecule has 124 valence electrons. The van der Waals surface area contributed by atoms with E-state index in [1.54, 1.807) is 11.3 Å². The summed E-state index contributed by atoms with van der Waals surface area (Å²) in [5, 5.41) is 10.6. The predicted molar refractivity (Wildman–Crippen MR) is 101 cm³/mol. The molecule has 24 heavy (non-hydrogen) atoms. The Morgan fingerprint density at radius 1 is 1.17 bits per heavy atom. The highest BCUT2D eigenvalue weighted by Crippen LogP contribution is 2.34. The fourth-order valence-corrected chi connectivity index (χ4v) is 4.81. The van der Waals surface area contributed by atoms with Gasteiger partial charge in [0.2, 0.25) is 0 Å². The highest BCUT2D eigenvalue weighted by Gasteiger charge is 2.19. The Balaban J connectivity index is 1.46. The number of hydrogen-bond acceptors (Lipinski definition) is 6. The number of amides is 1. The van der Waals surface area contributed by atoms with E-state index in [9.17, 15) is 4.79 Å². The minimum atomic E-state index is 0.0228. The van der Waals surface area contributed by atoms with Crippen molar-refractivity contribution < 1.29 is 4.79 Å². The first-order chi connectivity index (χ1) is 11.8. The number of hydrogen-bond donors (Lipinski definition) is 3. The van der Waals surface area contributed by atoms with E-state index >= 15 is 0 Å². The number of piperidine rings is 1. The van der Waals surface area contributed by atoms with Crippen LogP contribution < -0.4 is 16.0 Å². The third kappa shape index (κ3) is 3.43. The molecule has 1 fully saturated rings. The van der Waals surface area contributed by atoms with Crippen LogP contribution in [0.25, 0.3) is 9.53 Å². The van der Waals surface area contributed by atoms with Crippen molar-refractivity contribution in [3.63, 3.8) is 0 Å². The predicted octanol–water partition coefficient (Wildman–Crippen LogP) is 3.58. The zero-order valence-electron chi connectivity index (χ0n) is 13.0. The smallest absolute Gasteiger partial charge is 0.261 e. The normalized spacial score (nSPS) is 15.5. The number of benzene rings is 1. The molecule has 7 heteroatoms. The van der Waals surface area contributed by atoms with Crippen molar-refractivity contribution in [1.29, 1.82) is 0 Å². The lowest BCUT2D eigenvalue weighted by Gasteiger charge is -2.23. The fourth-order valence-electron chi connectivity index (χ4n) is 2.77. The van der Waals surface area contributed by atoms with Crippen molar-refractivity contribution in [3.8, 4) is 0 Å². The van der Waals surface area contributed by atoms with Crippen LogP contribution in [0.15, 0.2) is 36.4 Å². The SMILES string of the molecule is O=C(NC1CCNCC1)c1cc2sc(Nc3ccccc3)nc2s1. The third-order valence-electron chi connectivity index (χ3n) is 4.01. The van der Waals surface area contributed by atoms with Gasteiger partial charge < -0.3 is 16.0 Å². The number of thiophene rings is 1. The Bertz CT molecular complexity index is 805. The molecule has 5 nitrogen and oxygen atoms in total. The molecule has 1 aliphatic heterocycles. The van der Waals surface area contributed by atoms with Crippen molar-refractivity contribution in [2.75, 3.05) is 18.4 Å². The van der Waals surface area contributed by atoms with E-state index in [4.69, 9.17) is 0 Å². The first-order valence-electron chi connectivity index (χ1n) is 8.02. The summed E-state index contributed by atoms with van der Waals surface area (Å²) in [6, 6.07) is 12.2. The summed E-state index contributed by atoms with van der Waals surface area (Å²) < 4.78 is 1.05. The van der Waals surface area contributed by atoms with Gasteiger partial charge in [0, 0.05) is 11.7 Å². The molecule has 3 aromatic rings. The van der Waals surface area contributed by atoms with E-state index in [0.717, 1.165) is 51.2 Å². The number of carbonyl (C=O) groups excluding carboxylic acids is 1. The summed E-state index contributed by atoms with van der Waals surface area (Å²) in [5.41, 5.74) is 1.02. The molecule has 4 rings (SSSR count). The quantitative estimate of drug-likeness (QED) is 0.667. The van der Waals surface area contributed by atoms with Crippen LogP contribution in [0.4, 0.5) is 10.8 Å². The molecule has 0 spiro atoms. The topological polar surface area (TPSA) is 66.1 Å². The number of fused-ring (bicyclic) bond motifs is 1. The van der Waals surface area contributed by atoms with Crippen LogP contribution in [-0.2, 0) is 0 Å². The summed E-state index contributed by atoms with van der Waals surface area (Å²) in [6.45, 7) is 1.95. The minimum absolute atomic E-state index is 0.0228. The maximum absolute atomic E-state index is 12.4. The van der Waals surface area contributed by atoms with Gasteiger partial charge in [-0.25, -0.2) is 4.98 Å². The molecule has 1 aliphatic rings. The molecule has 1 saturated heterocycles. The van der Waals surface area contributed by atoms with Crippen molar-refractivity contribution in [2.45, 2.75) is 18.9 Å². The Morgan fingerprint density at radius 3 is 2.71 bits per heavy atom. The van der Waals surface area contributed by atoms with Gasteiger partial charge in [0.15, 0.2) is 5.13 Å². The Morgan fingerprint density at radius 2 is 1.96 bits per heavy atom. The Hall–Kier alpha value is -1.96. The van der Waals surface area contributed by atoms with Crippen LogP contribution >= 0.6 is 22.7 Å². The second-order valence-corrected chi connectivity index (χ2v) is 7.85. The van der Waals surface area contributed by atoms with Crippen LogP contribution in [0.1, 0.15) is 22.5 Å². The zero-order chi connectivity index (χ0) is 16.4. The minimum Gasteiger partial charge on any atom is -0.349 e. The number of para-hydroxylation sites is 1. The van der Waals surface area contributed by atoms with Gasteiger partial charge in [0.05, 0.1) is 9.58 Å². The van der Waals surface area contributed by atoms with Crippen molar-refractivity contribution >= 4 is 48.9 Å². The maximum Gasteiger partial charge on any atom is 0.261 e. The lowest BCUT2D eigenvalue weighted by atomic mass is 10.1. The number of thiazole rings is 1. The van der Waals surface area contributed by atoms with E-state index in [0.29, 0.717) is 0 Å². The lowest BCUT2D eigenvalue weighted by Crippen LogP contribution is -2.42. The molecule has 0 bridgehead atoms. The number of rotatable bonds is 4. The molecule has 0 radical (unpaired) electrons. The molecular formula is C17H18N4OS2. The van der Waals surface area contributed by atoms with Gasteiger partial charge in [0.1, 0.15) is 4.83 Å². The summed E-state index contributed by atoms with van der Waals surface area (Å²) >= 11 is 3.03. The van der Waals surface area contributed by atoms with Gasteiger partial charge in [-0.05, 0) is 44.1 Å². The molecule has 3 N–H and O–H groups in total. The van der Waals surface area contributed by atoms with Gasteiger partial charge in [0.25, 0.3) is 5.91 Å². The molecule has 3 heterocycles. The van der Waals surface area contributed by atoms with E-state index in [1.165, 1.54) is 11.3 Å². The summed E-state index contributed by atoms with van der Waals surface area (Å²) in [7, 11) is 0. The van der Waals surface area contributed by atoms with Crippen LogP contribution in [-0.4, -0.2) is 30.0 Å². The molecular weight excluding hydrogens is 340 g/mol. The molecule has 0 aliphatic carbocycles. The second kappa shape index (κ2) is 6.88. The first kappa shape index (κ1) is 15.6. The standard InChI is InChI=1S/C17H18N4OS2/c22-15(19-12-6-8-18-9-7-12)13-10-14-16(23-13)21-17(24-14)20-11-4-2-1-3-5-11/h1-5,10,12,18H,6-9H2,(H,19,22)(H,20,21). The van der Waals surface area contributed by atoms with Gasteiger partial charge >= 0.3 is 0 Å². The van der Waals surface area contributed by atoms with Crippen LogP contribution in [0.2, 0.25) is 0 Å². The maximum atomic E-state index is 12.4. The van der Waals surface area contributed by atoms with Gasteiger partial charge in [-0.2, -0.15) is 0 Å². The molecule has 1 amide bonds. The van der Waals surface area contributed by atoms with E-state index in [-0.39, 0.29) is 11.9 Å². The van der Waals surface area contributed by atoms with Gasteiger partial charge in [-0.1, -0.05) is 29.5 Å². The van der Waals surface area contributed by atoms with Crippen molar-refractivity contribution in [1.82, 2.24) is 15.6 Å². The number of nitrogens with one attached hydrogen (secondary N) is 3. The van der Waals surface area contributed by atoms with E-state index in [2.05, 4.69) is 20.9 Å². The molecule has 0 unspecified atom stereocenters. The number of anilines is 2. The van der Waals surface area contributed by atoms with E-state index in [1.807, 2.05) is 36.4 Å². The highest BCUT2D eigenvalue weighted by molar-refractivity contribution is 7.29. The van der Waals surface area contributed by atoms with E-state index < -0.39 is 0 Å². The monoisotopic (exact) mass is 358 g/mol. The average Bonchev–Trinajstić information content (AvgIpc) is 3.15. The zero-order valence-corrected chi connectivity index (χ0v) is 14.7. The number of aromatic nitrogens is 1. The molecule has 0 saturated carbocycles. The number of nitrogens with zero attached hydrogens (tertiary/aromatic N) is 1. The summed E-state index contributed by atoms with van der Waals surface area (Å²) in [6.07, 6.45) is 1.99. The summed E-state index contributed by atoms with van der Waals surface area (Å²) in [5.74, 6) is 0.0228. The van der Waals surface area contributed by atoms with Crippen molar-refractivity contribution in [2.24, 2.45) is 0 Å². The first-order valence-corrected chi connectivity index (χ1v) is 9.65. The Labute approximate surface area is 148 Å². The van der Waals surface area contributed by atoms with Crippen LogP contribution in [0.5, 0.6) is 0 Å².